The minimum absolute atomic E-state index is 0.253. The van der Waals surface area contributed by atoms with Crippen LogP contribution in [0.3, 0.4) is 0 Å². The number of primary amides is 1. The Balaban J connectivity index is 2.71. The van der Waals surface area contributed by atoms with Gasteiger partial charge in [-0.15, -0.1) is 0 Å². The molecule has 1 rings (SSSR count). The van der Waals surface area contributed by atoms with Gasteiger partial charge in [0.2, 0.25) is 5.91 Å². The average Bonchev–Trinajstić information content (AvgIpc) is 2.15. The number of hydrogen-bond acceptors (Lipinski definition) is 2. The summed E-state index contributed by atoms with van der Waals surface area (Å²) in [4.78, 5) is 10.8. The average molecular weight is 286 g/mol. The first-order valence-corrected chi connectivity index (χ1v) is 5.98. The van der Waals surface area contributed by atoms with Crippen molar-refractivity contribution >= 4 is 21.8 Å². The van der Waals surface area contributed by atoms with E-state index in [0.29, 0.717) is 12.5 Å². The Morgan fingerprint density at radius 3 is 2.69 bits per heavy atom. The molecule has 0 aromatic heterocycles. The van der Waals surface area contributed by atoms with Crippen LogP contribution >= 0.6 is 15.9 Å². The van der Waals surface area contributed by atoms with E-state index in [0.717, 1.165) is 15.8 Å². The fourth-order valence-electron chi connectivity index (χ4n) is 1.23. The zero-order valence-electron chi connectivity index (χ0n) is 9.50. The molecule has 16 heavy (non-hydrogen) atoms. The molecule has 0 unspecified atom stereocenters. The van der Waals surface area contributed by atoms with Gasteiger partial charge in [-0.05, 0) is 39.5 Å². The van der Waals surface area contributed by atoms with Gasteiger partial charge in [0.15, 0.2) is 0 Å². The molecule has 0 aliphatic heterocycles. The Morgan fingerprint density at radius 2 is 2.19 bits per heavy atom. The third-order valence-corrected chi connectivity index (χ3v) is 2.57. The van der Waals surface area contributed by atoms with Crippen molar-refractivity contribution in [1.82, 2.24) is 0 Å². The number of carbonyl (C=O) groups is 1. The van der Waals surface area contributed by atoms with Gasteiger partial charge in [0.25, 0.3) is 0 Å². The lowest BCUT2D eigenvalue weighted by atomic mass is 10.1. The minimum atomic E-state index is -0.331. The summed E-state index contributed by atoms with van der Waals surface area (Å²) in [7, 11) is 0. The first-order chi connectivity index (χ1) is 7.49. The third-order valence-electron chi connectivity index (χ3n) is 1.95. The predicted octanol–water partition coefficient (Wildman–Crippen LogP) is 2.51. The summed E-state index contributed by atoms with van der Waals surface area (Å²) in [5, 5.41) is 0. The van der Waals surface area contributed by atoms with E-state index < -0.39 is 0 Å². The van der Waals surface area contributed by atoms with Crippen molar-refractivity contribution in [3.8, 4) is 5.75 Å². The molecule has 4 heteroatoms. The molecule has 3 nitrogen and oxygen atoms in total. The van der Waals surface area contributed by atoms with Crippen molar-refractivity contribution in [3.63, 3.8) is 0 Å². The van der Waals surface area contributed by atoms with Crippen molar-refractivity contribution in [2.75, 3.05) is 6.61 Å². The van der Waals surface area contributed by atoms with Gasteiger partial charge in [-0.3, -0.25) is 4.79 Å². The summed E-state index contributed by atoms with van der Waals surface area (Å²) >= 11 is 3.41. The van der Waals surface area contributed by atoms with Gasteiger partial charge in [0.1, 0.15) is 5.75 Å². The largest absolute Gasteiger partial charge is 0.492 e. The fourth-order valence-corrected chi connectivity index (χ4v) is 1.77. The van der Waals surface area contributed by atoms with Gasteiger partial charge in [0, 0.05) is 0 Å². The Bertz CT molecular complexity index is 377. The van der Waals surface area contributed by atoms with Crippen LogP contribution in [0.5, 0.6) is 5.75 Å². The molecule has 0 atom stereocenters. The number of amides is 1. The molecule has 0 spiro atoms. The smallest absolute Gasteiger partial charge is 0.221 e. The molecule has 0 fully saturated rings. The van der Waals surface area contributed by atoms with Crippen LogP contribution in [0.1, 0.15) is 19.4 Å². The maximum absolute atomic E-state index is 10.8. The number of rotatable bonds is 5. The molecular weight excluding hydrogens is 270 g/mol. The van der Waals surface area contributed by atoms with Crippen LogP contribution in [-0.2, 0) is 11.2 Å². The molecule has 0 bridgehead atoms. The Kier molecular flexibility index (Phi) is 4.80. The SMILES string of the molecule is CC(C)COc1ccc(CC(N)=O)cc1Br. The highest BCUT2D eigenvalue weighted by molar-refractivity contribution is 9.10. The topological polar surface area (TPSA) is 52.3 Å². The Morgan fingerprint density at radius 1 is 1.50 bits per heavy atom. The highest BCUT2D eigenvalue weighted by Gasteiger charge is 2.05. The van der Waals surface area contributed by atoms with Gasteiger partial charge in [-0.25, -0.2) is 0 Å². The van der Waals surface area contributed by atoms with Crippen molar-refractivity contribution in [1.29, 1.82) is 0 Å². The van der Waals surface area contributed by atoms with Crippen LogP contribution in [0.4, 0.5) is 0 Å². The fraction of sp³-hybridized carbons (Fsp3) is 0.417. The molecule has 0 aliphatic rings. The quantitative estimate of drug-likeness (QED) is 0.904. The molecule has 0 saturated carbocycles. The molecule has 0 heterocycles. The highest BCUT2D eigenvalue weighted by Crippen LogP contribution is 2.26. The molecule has 1 aromatic carbocycles. The van der Waals surface area contributed by atoms with Crippen LogP contribution in [-0.4, -0.2) is 12.5 Å². The van der Waals surface area contributed by atoms with Crippen LogP contribution in [0.25, 0.3) is 0 Å². The number of carbonyl (C=O) groups excluding carboxylic acids is 1. The maximum Gasteiger partial charge on any atom is 0.221 e. The summed E-state index contributed by atoms with van der Waals surface area (Å²) in [6.07, 6.45) is 0.253. The number of nitrogens with two attached hydrogens (primary N) is 1. The molecular formula is C12H16BrNO2. The van der Waals surface area contributed by atoms with Crippen LogP contribution in [0.2, 0.25) is 0 Å². The summed E-state index contributed by atoms with van der Waals surface area (Å²) in [5.74, 6) is 0.946. The van der Waals surface area contributed by atoms with E-state index in [-0.39, 0.29) is 12.3 Å². The van der Waals surface area contributed by atoms with Crippen LogP contribution < -0.4 is 10.5 Å². The Labute approximate surface area is 104 Å². The lowest BCUT2D eigenvalue weighted by Gasteiger charge is -2.11. The van der Waals surface area contributed by atoms with Gasteiger partial charge in [-0.1, -0.05) is 19.9 Å². The van der Waals surface area contributed by atoms with Crippen LogP contribution in [0, 0.1) is 5.92 Å². The highest BCUT2D eigenvalue weighted by atomic mass is 79.9. The lowest BCUT2D eigenvalue weighted by molar-refractivity contribution is -0.117. The van der Waals surface area contributed by atoms with Crippen molar-refractivity contribution in [3.05, 3.63) is 28.2 Å². The van der Waals surface area contributed by atoms with E-state index in [1.165, 1.54) is 0 Å². The van der Waals surface area contributed by atoms with E-state index in [9.17, 15) is 4.79 Å². The molecule has 0 saturated heterocycles. The Hall–Kier alpha value is -1.03. The second-order valence-electron chi connectivity index (χ2n) is 4.11. The molecule has 0 radical (unpaired) electrons. The van der Waals surface area contributed by atoms with E-state index in [4.69, 9.17) is 10.5 Å². The molecule has 0 aliphatic carbocycles. The number of halogens is 1. The first-order valence-electron chi connectivity index (χ1n) is 5.18. The van der Waals surface area contributed by atoms with Gasteiger partial charge in [-0.2, -0.15) is 0 Å². The normalized spacial score (nSPS) is 10.5. The maximum atomic E-state index is 10.8. The zero-order chi connectivity index (χ0) is 12.1. The molecule has 2 N–H and O–H groups in total. The third kappa shape index (κ3) is 4.23. The van der Waals surface area contributed by atoms with E-state index >= 15 is 0 Å². The number of benzene rings is 1. The summed E-state index contributed by atoms with van der Waals surface area (Å²) in [6.45, 7) is 4.86. The second-order valence-corrected chi connectivity index (χ2v) is 4.97. The monoisotopic (exact) mass is 285 g/mol. The number of hydrogen-bond donors (Lipinski definition) is 1. The predicted molar refractivity (Wildman–Crippen MR) is 67.4 cm³/mol. The van der Waals surface area contributed by atoms with Gasteiger partial charge < -0.3 is 10.5 Å². The van der Waals surface area contributed by atoms with E-state index in [1.54, 1.807) is 0 Å². The van der Waals surface area contributed by atoms with Crippen molar-refractivity contribution < 1.29 is 9.53 Å². The summed E-state index contributed by atoms with van der Waals surface area (Å²) in [6, 6.07) is 5.57. The summed E-state index contributed by atoms with van der Waals surface area (Å²) in [5.41, 5.74) is 6.01. The van der Waals surface area contributed by atoms with Crippen LogP contribution in [0.15, 0.2) is 22.7 Å². The minimum Gasteiger partial charge on any atom is -0.492 e. The lowest BCUT2D eigenvalue weighted by Crippen LogP contribution is -2.13. The van der Waals surface area contributed by atoms with Gasteiger partial charge in [0.05, 0.1) is 17.5 Å². The van der Waals surface area contributed by atoms with Crippen molar-refractivity contribution in [2.45, 2.75) is 20.3 Å². The first kappa shape index (κ1) is 13.0. The van der Waals surface area contributed by atoms with Gasteiger partial charge >= 0.3 is 0 Å². The molecule has 88 valence electrons. The zero-order valence-corrected chi connectivity index (χ0v) is 11.1. The standard InChI is InChI=1S/C12H16BrNO2/c1-8(2)7-16-11-4-3-9(5-10(11)13)6-12(14)15/h3-5,8H,6-7H2,1-2H3,(H2,14,15). The second kappa shape index (κ2) is 5.89. The van der Waals surface area contributed by atoms with E-state index in [1.807, 2.05) is 18.2 Å². The van der Waals surface area contributed by atoms with Crippen molar-refractivity contribution in [2.24, 2.45) is 11.7 Å². The van der Waals surface area contributed by atoms with E-state index in [2.05, 4.69) is 29.8 Å². The summed E-state index contributed by atoms with van der Waals surface area (Å²) < 4.78 is 6.45. The molecule has 1 aromatic rings. The molecule has 1 amide bonds. The number of ether oxygens (including phenoxy) is 1.